The Hall–Kier alpha value is -5.74. The van der Waals surface area contributed by atoms with Crippen molar-refractivity contribution in [2.45, 2.75) is 0 Å². The normalized spacial score (nSPS) is 11.8. The molecule has 3 heterocycles. The zero-order chi connectivity index (χ0) is 27.6. The summed E-state index contributed by atoms with van der Waals surface area (Å²) in [6, 6.07) is 48.4. The quantitative estimate of drug-likeness (QED) is 0.225. The first-order chi connectivity index (χ1) is 20.8. The van der Waals surface area contributed by atoms with Crippen molar-refractivity contribution in [3.8, 4) is 28.3 Å². The van der Waals surface area contributed by atoms with Gasteiger partial charge in [-0.05, 0) is 42.5 Å². The van der Waals surface area contributed by atoms with Gasteiger partial charge in [0.2, 0.25) is 0 Å². The highest BCUT2D eigenvalue weighted by atomic mass is 16.3. The predicted molar refractivity (Wildman–Crippen MR) is 172 cm³/mol. The van der Waals surface area contributed by atoms with Crippen LogP contribution in [-0.4, -0.2) is 14.5 Å². The van der Waals surface area contributed by atoms with Gasteiger partial charge >= 0.3 is 0 Å². The van der Waals surface area contributed by atoms with Crippen molar-refractivity contribution in [3.63, 3.8) is 0 Å². The molecule has 3 aromatic heterocycles. The van der Waals surface area contributed by atoms with Crippen LogP contribution in [0.25, 0.3) is 83.0 Å². The van der Waals surface area contributed by atoms with Crippen LogP contribution in [0.3, 0.4) is 0 Å². The van der Waals surface area contributed by atoms with Crippen molar-refractivity contribution in [3.05, 3.63) is 140 Å². The van der Waals surface area contributed by atoms with E-state index in [2.05, 4.69) is 108 Å². The summed E-state index contributed by atoms with van der Waals surface area (Å²) in [5.41, 5.74) is 8.74. The summed E-state index contributed by atoms with van der Waals surface area (Å²) < 4.78 is 8.76. The SMILES string of the molecule is c1ccc(-c2nc(-c3cccc(-n4c5ccccc5c5ccccc54)c3)nc3c2ccc2c4ccccc4oc23)cc1. The third kappa shape index (κ3) is 3.36. The van der Waals surface area contributed by atoms with E-state index < -0.39 is 0 Å². The topological polar surface area (TPSA) is 43.9 Å². The Balaban J connectivity index is 1.33. The van der Waals surface area contributed by atoms with E-state index in [9.17, 15) is 0 Å². The Morgan fingerprint density at radius 3 is 1.90 bits per heavy atom. The molecule has 0 unspecified atom stereocenters. The minimum atomic E-state index is 0.664. The van der Waals surface area contributed by atoms with Crippen LogP contribution in [0.4, 0.5) is 0 Å². The van der Waals surface area contributed by atoms with Crippen LogP contribution in [0.5, 0.6) is 0 Å². The first kappa shape index (κ1) is 23.0. The molecule has 0 atom stereocenters. The van der Waals surface area contributed by atoms with Gasteiger partial charge in [0.05, 0.1) is 16.7 Å². The zero-order valence-electron chi connectivity index (χ0n) is 22.5. The number of aromatic nitrogens is 3. The molecule has 0 bridgehead atoms. The van der Waals surface area contributed by atoms with E-state index in [0.717, 1.165) is 55.3 Å². The number of benzene rings is 6. The van der Waals surface area contributed by atoms with Crippen LogP contribution in [0, 0.1) is 0 Å². The Labute approximate surface area is 241 Å². The smallest absolute Gasteiger partial charge is 0.161 e. The molecule has 4 heteroatoms. The van der Waals surface area contributed by atoms with Gasteiger partial charge in [0, 0.05) is 43.7 Å². The largest absolute Gasteiger partial charge is 0.454 e. The van der Waals surface area contributed by atoms with Gasteiger partial charge in [-0.2, -0.15) is 0 Å². The Morgan fingerprint density at radius 2 is 1.12 bits per heavy atom. The summed E-state index contributed by atoms with van der Waals surface area (Å²) in [4.78, 5) is 10.4. The molecule has 0 aliphatic heterocycles. The van der Waals surface area contributed by atoms with Crippen LogP contribution in [0.15, 0.2) is 144 Å². The fraction of sp³-hybridized carbons (Fsp3) is 0. The minimum absolute atomic E-state index is 0.664. The molecule has 0 fully saturated rings. The number of hydrogen-bond acceptors (Lipinski definition) is 3. The van der Waals surface area contributed by atoms with Crippen molar-refractivity contribution in [2.75, 3.05) is 0 Å². The van der Waals surface area contributed by atoms with E-state index in [1.165, 1.54) is 21.8 Å². The van der Waals surface area contributed by atoms with Gasteiger partial charge in [-0.3, -0.25) is 0 Å². The number of nitrogens with zero attached hydrogens (tertiary/aromatic N) is 3. The van der Waals surface area contributed by atoms with Gasteiger partial charge in [-0.1, -0.05) is 97.1 Å². The molecule has 0 amide bonds. The maximum absolute atomic E-state index is 6.43. The lowest BCUT2D eigenvalue weighted by molar-refractivity contribution is 0.671. The third-order valence-corrected chi connectivity index (χ3v) is 8.20. The summed E-state index contributed by atoms with van der Waals surface area (Å²) >= 11 is 0. The molecular formula is C38H23N3O. The highest BCUT2D eigenvalue weighted by Gasteiger charge is 2.18. The van der Waals surface area contributed by atoms with E-state index in [0.29, 0.717) is 5.82 Å². The maximum atomic E-state index is 6.43. The van der Waals surface area contributed by atoms with E-state index in [1.54, 1.807) is 0 Å². The molecule has 0 N–H and O–H groups in total. The van der Waals surface area contributed by atoms with Crippen LogP contribution >= 0.6 is 0 Å². The van der Waals surface area contributed by atoms with Crippen LogP contribution < -0.4 is 0 Å². The van der Waals surface area contributed by atoms with Crippen molar-refractivity contribution >= 4 is 54.6 Å². The van der Waals surface area contributed by atoms with Gasteiger partial charge < -0.3 is 8.98 Å². The van der Waals surface area contributed by atoms with Gasteiger partial charge in [0.15, 0.2) is 11.4 Å². The molecule has 0 saturated carbocycles. The lowest BCUT2D eigenvalue weighted by Gasteiger charge is -2.12. The predicted octanol–water partition coefficient (Wildman–Crippen LogP) is 9.96. The maximum Gasteiger partial charge on any atom is 0.161 e. The molecule has 4 nitrogen and oxygen atoms in total. The summed E-state index contributed by atoms with van der Waals surface area (Å²) in [6.45, 7) is 0. The van der Waals surface area contributed by atoms with Gasteiger partial charge in [0.25, 0.3) is 0 Å². The molecule has 9 aromatic rings. The second-order valence-corrected chi connectivity index (χ2v) is 10.6. The average Bonchev–Trinajstić information content (AvgIpc) is 3.61. The van der Waals surface area contributed by atoms with Gasteiger partial charge in [-0.25, -0.2) is 9.97 Å². The molecule has 42 heavy (non-hydrogen) atoms. The van der Waals surface area contributed by atoms with Crippen LogP contribution in [0.1, 0.15) is 0 Å². The molecule has 196 valence electrons. The van der Waals surface area contributed by atoms with E-state index >= 15 is 0 Å². The molecule has 0 spiro atoms. The second kappa shape index (κ2) is 8.88. The molecule has 6 aromatic carbocycles. The van der Waals surface area contributed by atoms with Crippen molar-refractivity contribution < 1.29 is 4.42 Å². The molecule has 0 radical (unpaired) electrons. The second-order valence-electron chi connectivity index (χ2n) is 10.6. The fourth-order valence-corrected chi connectivity index (χ4v) is 6.30. The Morgan fingerprint density at radius 1 is 0.476 bits per heavy atom. The van der Waals surface area contributed by atoms with E-state index in [4.69, 9.17) is 14.4 Å². The summed E-state index contributed by atoms with van der Waals surface area (Å²) in [6.07, 6.45) is 0. The highest BCUT2D eigenvalue weighted by molar-refractivity contribution is 6.16. The lowest BCUT2D eigenvalue weighted by atomic mass is 10.0. The fourth-order valence-electron chi connectivity index (χ4n) is 6.30. The zero-order valence-corrected chi connectivity index (χ0v) is 22.5. The summed E-state index contributed by atoms with van der Waals surface area (Å²) in [5.74, 6) is 0.664. The summed E-state index contributed by atoms with van der Waals surface area (Å²) in [7, 11) is 0. The van der Waals surface area contributed by atoms with Crippen molar-refractivity contribution in [1.29, 1.82) is 0 Å². The third-order valence-electron chi connectivity index (χ3n) is 8.20. The Bertz CT molecular complexity index is 2420. The minimum Gasteiger partial charge on any atom is -0.454 e. The number of furan rings is 1. The molecule has 0 aliphatic rings. The van der Waals surface area contributed by atoms with Crippen molar-refractivity contribution in [2.24, 2.45) is 0 Å². The van der Waals surface area contributed by atoms with E-state index in [1.807, 2.05) is 36.4 Å². The Kier molecular flexibility index (Phi) is 4.87. The number of hydrogen-bond donors (Lipinski definition) is 0. The number of para-hydroxylation sites is 3. The van der Waals surface area contributed by atoms with E-state index in [-0.39, 0.29) is 0 Å². The standard InChI is InChI=1S/C38H23N3O/c1-2-11-24(12-3-1)35-31-22-21-30-29-17-6-9-20-34(29)42-37(30)36(31)40-38(39-35)25-13-10-14-26(23-25)41-32-18-7-4-15-27(32)28-16-5-8-19-33(28)41/h1-23H. The average molecular weight is 538 g/mol. The number of fused-ring (bicyclic) bond motifs is 8. The molecule has 0 saturated heterocycles. The van der Waals surface area contributed by atoms with Gasteiger partial charge in [0.1, 0.15) is 11.1 Å². The monoisotopic (exact) mass is 537 g/mol. The van der Waals surface area contributed by atoms with Crippen LogP contribution in [-0.2, 0) is 0 Å². The van der Waals surface area contributed by atoms with Crippen LogP contribution in [0.2, 0.25) is 0 Å². The highest BCUT2D eigenvalue weighted by Crippen LogP contribution is 2.38. The van der Waals surface area contributed by atoms with Crippen molar-refractivity contribution in [1.82, 2.24) is 14.5 Å². The molecule has 9 rings (SSSR count). The first-order valence-corrected chi connectivity index (χ1v) is 14.1. The first-order valence-electron chi connectivity index (χ1n) is 14.1. The number of rotatable bonds is 3. The summed E-state index contributed by atoms with van der Waals surface area (Å²) in [5, 5.41) is 5.58. The lowest BCUT2D eigenvalue weighted by Crippen LogP contribution is -1.98. The molecule has 0 aliphatic carbocycles. The molecular weight excluding hydrogens is 514 g/mol. The van der Waals surface area contributed by atoms with Gasteiger partial charge in [-0.15, -0.1) is 0 Å².